The van der Waals surface area contributed by atoms with Gasteiger partial charge >= 0.3 is 5.97 Å². The first kappa shape index (κ1) is 15.6. The molecule has 104 valence electrons. The van der Waals surface area contributed by atoms with E-state index in [9.17, 15) is 14.0 Å². The van der Waals surface area contributed by atoms with Crippen molar-refractivity contribution in [3.05, 3.63) is 34.1 Å². The van der Waals surface area contributed by atoms with Gasteiger partial charge in [-0.3, -0.25) is 9.59 Å². The van der Waals surface area contributed by atoms with Crippen LogP contribution < -0.4 is 0 Å². The second-order valence-electron chi connectivity index (χ2n) is 3.91. The molecule has 0 bridgehead atoms. The molecule has 1 amide bonds. The Bertz CT molecular complexity index is 479. The molecule has 6 heteroatoms. The van der Waals surface area contributed by atoms with Gasteiger partial charge in [-0.2, -0.15) is 0 Å². The van der Waals surface area contributed by atoms with E-state index in [1.165, 1.54) is 24.1 Å². The Balaban J connectivity index is 2.64. The van der Waals surface area contributed by atoms with E-state index in [1.54, 1.807) is 13.0 Å². The summed E-state index contributed by atoms with van der Waals surface area (Å²) >= 11 is 3.12. The summed E-state index contributed by atoms with van der Waals surface area (Å²) in [6.45, 7) is 2.20. The summed E-state index contributed by atoms with van der Waals surface area (Å²) in [4.78, 5) is 24.4. The summed E-state index contributed by atoms with van der Waals surface area (Å²) in [5, 5.41) is 0. The molecule has 0 unspecified atom stereocenters. The van der Waals surface area contributed by atoms with Crippen molar-refractivity contribution >= 4 is 27.8 Å². The van der Waals surface area contributed by atoms with Gasteiger partial charge in [0.15, 0.2) is 0 Å². The molecule has 0 aliphatic carbocycles. The highest BCUT2D eigenvalue weighted by molar-refractivity contribution is 9.10. The van der Waals surface area contributed by atoms with E-state index < -0.39 is 11.7 Å². The molecule has 0 aliphatic heterocycles. The van der Waals surface area contributed by atoms with Crippen molar-refractivity contribution in [3.63, 3.8) is 0 Å². The van der Waals surface area contributed by atoms with E-state index in [0.717, 1.165) is 0 Å². The molecule has 0 saturated carbocycles. The van der Waals surface area contributed by atoms with Gasteiger partial charge < -0.3 is 9.64 Å². The van der Waals surface area contributed by atoms with Crippen molar-refractivity contribution in [3.8, 4) is 0 Å². The lowest BCUT2D eigenvalue weighted by Crippen LogP contribution is -2.30. The Morgan fingerprint density at radius 1 is 1.42 bits per heavy atom. The lowest BCUT2D eigenvalue weighted by atomic mass is 10.2. The predicted octanol–water partition coefficient (Wildman–Crippen LogP) is 2.61. The van der Waals surface area contributed by atoms with E-state index in [4.69, 9.17) is 4.74 Å². The van der Waals surface area contributed by atoms with Gasteiger partial charge in [-0.15, -0.1) is 0 Å². The zero-order valence-corrected chi connectivity index (χ0v) is 12.4. The van der Waals surface area contributed by atoms with Gasteiger partial charge in [0.25, 0.3) is 5.91 Å². The smallest absolute Gasteiger partial charge is 0.307 e. The van der Waals surface area contributed by atoms with E-state index in [-0.39, 0.29) is 24.5 Å². The molecule has 1 aromatic rings. The normalized spacial score (nSPS) is 10.1. The number of hydrogen-bond donors (Lipinski definition) is 0. The van der Waals surface area contributed by atoms with Crippen LogP contribution in [-0.2, 0) is 9.53 Å². The van der Waals surface area contributed by atoms with Crippen LogP contribution in [0.25, 0.3) is 0 Å². The highest BCUT2D eigenvalue weighted by atomic mass is 79.9. The van der Waals surface area contributed by atoms with E-state index >= 15 is 0 Å². The molecule has 0 spiro atoms. The summed E-state index contributed by atoms with van der Waals surface area (Å²) < 4.78 is 18.9. The summed E-state index contributed by atoms with van der Waals surface area (Å²) in [5.41, 5.74) is -0.0189. The summed E-state index contributed by atoms with van der Waals surface area (Å²) in [6.07, 6.45) is 0.0915. The number of nitrogens with zero attached hydrogens (tertiary/aromatic N) is 1. The molecule has 0 saturated heterocycles. The van der Waals surface area contributed by atoms with Crippen LogP contribution in [-0.4, -0.2) is 37.0 Å². The second-order valence-corrected chi connectivity index (χ2v) is 4.82. The monoisotopic (exact) mass is 331 g/mol. The van der Waals surface area contributed by atoms with Crippen molar-refractivity contribution in [2.45, 2.75) is 13.3 Å². The number of rotatable bonds is 5. The number of benzene rings is 1. The molecule has 0 aromatic heterocycles. The van der Waals surface area contributed by atoms with Crippen molar-refractivity contribution in [1.29, 1.82) is 0 Å². The molecule has 0 atom stereocenters. The third-order valence-corrected chi connectivity index (χ3v) is 2.96. The Labute approximate surface area is 119 Å². The fourth-order valence-electron chi connectivity index (χ4n) is 1.46. The quantitative estimate of drug-likeness (QED) is 0.779. The Kier molecular flexibility index (Phi) is 5.95. The molecule has 0 aliphatic rings. The minimum atomic E-state index is -0.595. The maximum atomic E-state index is 13.6. The molecule has 0 heterocycles. The molecule has 1 aromatic carbocycles. The van der Waals surface area contributed by atoms with E-state index in [2.05, 4.69) is 15.9 Å². The van der Waals surface area contributed by atoms with Crippen molar-refractivity contribution < 1.29 is 18.7 Å². The van der Waals surface area contributed by atoms with Crippen LogP contribution in [0.1, 0.15) is 23.7 Å². The number of carbonyl (C=O) groups excluding carboxylic acids is 2. The first-order valence-electron chi connectivity index (χ1n) is 5.81. The van der Waals surface area contributed by atoms with Crippen LogP contribution in [0.4, 0.5) is 4.39 Å². The maximum absolute atomic E-state index is 13.6. The number of ether oxygens (including phenoxy) is 1. The van der Waals surface area contributed by atoms with Gasteiger partial charge in [-0.05, 0) is 25.1 Å². The van der Waals surface area contributed by atoms with Crippen LogP contribution in [0, 0.1) is 5.82 Å². The maximum Gasteiger partial charge on any atom is 0.307 e. The van der Waals surface area contributed by atoms with Gasteiger partial charge in [-0.25, -0.2) is 4.39 Å². The molecule has 1 rings (SSSR count). The lowest BCUT2D eigenvalue weighted by molar-refractivity contribution is -0.143. The van der Waals surface area contributed by atoms with Crippen molar-refractivity contribution in [2.24, 2.45) is 0 Å². The first-order valence-corrected chi connectivity index (χ1v) is 6.61. The van der Waals surface area contributed by atoms with Gasteiger partial charge in [0.1, 0.15) is 5.82 Å². The molecule has 4 nitrogen and oxygen atoms in total. The highest BCUT2D eigenvalue weighted by Crippen LogP contribution is 2.16. The SMILES string of the molecule is CCOC(=O)CCN(C)C(=O)c1ccc(Br)cc1F. The van der Waals surface area contributed by atoms with Crippen LogP contribution in [0.3, 0.4) is 0 Å². The first-order chi connectivity index (χ1) is 8.95. The van der Waals surface area contributed by atoms with Crippen molar-refractivity contribution in [1.82, 2.24) is 4.90 Å². The summed E-state index contributed by atoms with van der Waals surface area (Å²) in [5.74, 6) is -1.44. The number of halogens is 2. The zero-order valence-electron chi connectivity index (χ0n) is 10.8. The van der Waals surface area contributed by atoms with Gasteiger partial charge in [0.05, 0.1) is 18.6 Å². The molecule has 0 radical (unpaired) electrons. The highest BCUT2D eigenvalue weighted by Gasteiger charge is 2.17. The number of amides is 1. The standard InChI is InChI=1S/C13H15BrFNO3/c1-3-19-12(17)6-7-16(2)13(18)10-5-4-9(14)8-11(10)15/h4-5,8H,3,6-7H2,1-2H3. The predicted molar refractivity (Wildman–Crippen MR) is 72.3 cm³/mol. The van der Waals surface area contributed by atoms with E-state index in [1.807, 2.05) is 0 Å². The van der Waals surface area contributed by atoms with Crippen LogP contribution in [0.15, 0.2) is 22.7 Å². The number of esters is 1. The Morgan fingerprint density at radius 3 is 2.68 bits per heavy atom. The van der Waals surface area contributed by atoms with Crippen LogP contribution in [0.5, 0.6) is 0 Å². The average Bonchev–Trinajstić information content (AvgIpc) is 2.35. The zero-order chi connectivity index (χ0) is 14.4. The average molecular weight is 332 g/mol. The van der Waals surface area contributed by atoms with Crippen molar-refractivity contribution in [2.75, 3.05) is 20.2 Å². The minimum absolute atomic E-state index is 0.0189. The summed E-state index contributed by atoms with van der Waals surface area (Å²) in [7, 11) is 1.52. The summed E-state index contributed by atoms with van der Waals surface area (Å²) in [6, 6.07) is 4.23. The topological polar surface area (TPSA) is 46.6 Å². The molecular formula is C13H15BrFNO3. The lowest BCUT2D eigenvalue weighted by Gasteiger charge is -2.17. The van der Waals surface area contributed by atoms with E-state index in [0.29, 0.717) is 11.1 Å². The molecule has 0 N–H and O–H groups in total. The van der Waals surface area contributed by atoms with Gasteiger partial charge in [0.2, 0.25) is 0 Å². The fraction of sp³-hybridized carbons (Fsp3) is 0.385. The number of carbonyl (C=O) groups is 2. The van der Waals surface area contributed by atoms with Crippen LogP contribution >= 0.6 is 15.9 Å². The molecule has 19 heavy (non-hydrogen) atoms. The molecular weight excluding hydrogens is 317 g/mol. The third-order valence-electron chi connectivity index (χ3n) is 2.46. The number of hydrogen-bond acceptors (Lipinski definition) is 3. The fourth-order valence-corrected chi connectivity index (χ4v) is 1.80. The van der Waals surface area contributed by atoms with Gasteiger partial charge in [0, 0.05) is 18.1 Å². The Morgan fingerprint density at radius 2 is 2.11 bits per heavy atom. The Hall–Kier alpha value is -1.43. The second kappa shape index (κ2) is 7.23. The third kappa shape index (κ3) is 4.63. The molecule has 0 fully saturated rings. The minimum Gasteiger partial charge on any atom is -0.466 e. The van der Waals surface area contributed by atoms with Crippen LogP contribution in [0.2, 0.25) is 0 Å². The van der Waals surface area contributed by atoms with Gasteiger partial charge in [-0.1, -0.05) is 15.9 Å². The largest absolute Gasteiger partial charge is 0.466 e.